The fourth-order valence-electron chi connectivity index (χ4n) is 4.13. The van der Waals surface area contributed by atoms with E-state index < -0.39 is 0 Å². The van der Waals surface area contributed by atoms with Crippen molar-refractivity contribution in [3.8, 4) is 11.1 Å². The molecule has 0 amide bonds. The summed E-state index contributed by atoms with van der Waals surface area (Å²) in [6.45, 7) is 2.02. The van der Waals surface area contributed by atoms with Crippen molar-refractivity contribution in [1.29, 1.82) is 10.8 Å². The lowest BCUT2D eigenvalue weighted by molar-refractivity contribution is -0.188. The quantitative estimate of drug-likeness (QED) is 0.436. The predicted octanol–water partition coefficient (Wildman–Crippen LogP) is 2.70. The van der Waals surface area contributed by atoms with Gasteiger partial charge in [0.15, 0.2) is 0 Å². The molecule has 2 unspecified atom stereocenters. The number of carbonyl (C=O) groups is 1. The number of nitrogen functional groups attached to an aromatic ring is 1. The average Bonchev–Trinajstić information content (AvgIpc) is 3.11. The van der Waals surface area contributed by atoms with E-state index in [1.165, 1.54) is 6.92 Å². The highest BCUT2D eigenvalue weighted by molar-refractivity contribution is 5.95. The summed E-state index contributed by atoms with van der Waals surface area (Å²) in [6.07, 6.45) is 3.43. The minimum atomic E-state index is -0.372. The van der Waals surface area contributed by atoms with Gasteiger partial charge in [-0.15, -0.1) is 0 Å². The molecular weight excluding hydrogens is 392 g/mol. The zero-order valence-electron chi connectivity index (χ0n) is 17.3. The molecule has 2 aromatic carbocycles. The monoisotopic (exact) mass is 418 g/mol. The van der Waals surface area contributed by atoms with E-state index in [1.807, 2.05) is 54.7 Å². The van der Waals surface area contributed by atoms with Gasteiger partial charge in [-0.2, -0.15) is 5.06 Å². The third-order valence-corrected chi connectivity index (χ3v) is 5.76. The van der Waals surface area contributed by atoms with Crippen molar-refractivity contribution in [2.24, 2.45) is 17.4 Å². The van der Waals surface area contributed by atoms with E-state index in [-0.39, 0.29) is 29.7 Å². The third kappa shape index (κ3) is 4.09. The molecule has 31 heavy (non-hydrogen) atoms. The van der Waals surface area contributed by atoms with Crippen LogP contribution in [0.15, 0.2) is 54.7 Å². The Bertz CT molecular complexity index is 1040. The first kappa shape index (κ1) is 20.5. The Labute approximate surface area is 181 Å². The lowest BCUT2D eigenvalue weighted by Crippen LogP contribution is -2.48. The molecule has 2 aromatic rings. The third-order valence-electron chi connectivity index (χ3n) is 5.76. The number of carbonyl (C=O) groups excluding carboxylic acids is 1. The SMILES string of the molecule is CC(=O)ON1C(c2ccc(-c3ccc(C(=N)N)cc3)cc2)=CN2CC(C(=N)N)CCC21. The molecule has 8 nitrogen and oxygen atoms in total. The van der Waals surface area contributed by atoms with Gasteiger partial charge in [0, 0.05) is 36.7 Å². The van der Waals surface area contributed by atoms with Crippen LogP contribution in [0.5, 0.6) is 0 Å². The number of hydrogen-bond acceptors (Lipinski definition) is 6. The minimum absolute atomic E-state index is 0.00591. The maximum Gasteiger partial charge on any atom is 0.329 e. The van der Waals surface area contributed by atoms with Crippen molar-refractivity contribution < 1.29 is 9.63 Å². The Hall–Kier alpha value is -3.81. The predicted molar refractivity (Wildman–Crippen MR) is 120 cm³/mol. The van der Waals surface area contributed by atoms with Crippen molar-refractivity contribution in [2.75, 3.05) is 6.54 Å². The first-order valence-corrected chi connectivity index (χ1v) is 10.2. The first-order valence-electron chi connectivity index (χ1n) is 10.2. The fraction of sp³-hybridized carbons (Fsp3) is 0.261. The summed E-state index contributed by atoms with van der Waals surface area (Å²) in [5.74, 6) is -0.126. The van der Waals surface area contributed by atoms with E-state index >= 15 is 0 Å². The van der Waals surface area contributed by atoms with Crippen molar-refractivity contribution >= 4 is 23.3 Å². The Morgan fingerprint density at radius 2 is 1.55 bits per heavy atom. The Morgan fingerprint density at radius 1 is 0.968 bits per heavy atom. The molecule has 2 atom stereocenters. The normalized spacial score (nSPS) is 20.1. The van der Waals surface area contributed by atoms with Gasteiger partial charge in [-0.1, -0.05) is 48.5 Å². The zero-order valence-corrected chi connectivity index (χ0v) is 17.3. The molecule has 1 saturated heterocycles. The molecule has 0 saturated carbocycles. The molecule has 6 N–H and O–H groups in total. The van der Waals surface area contributed by atoms with E-state index in [0.717, 1.165) is 35.2 Å². The maximum atomic E-state index is 11.8. The van der Waals surface area contributed by atoms with Gasteiger partial charge in [0.1, 0.15) is 17.7 Å². The van der Waals surface area contributed by atoms with Gasteiger partial charge in [0.25, 0.3) is 0 Å². The van der Waals surface area contributed by atoms with Crippen LogP contribution in [0.1, 0.15) is 30.9 Å². The highest BCUT2D eigenvalue weighted by Gasteiger charge is 2.40. The van der Waals surface area contributed by atoms with Crippen LogP contribution in [-0.2, 0) is 9.63 Å². The van der Waals surface area contributed by atoms with Crippen LogP contribution < -0.4 is 11.5 Å². The molecule has 1 fully saturated rings. The van der Waals surface area contributed by atoms with Crippen LogP contribution >= 0.6 is 0 Å². The summed E-state index contributed by atoms with van der Waals surface area (Å²) in [5, 5.41) is 17.0. The number of benzene rings is 2. The van der Waals surface area contributed by atoms with E-state index in [4.69, 9.17) is 27.1 Å². The largest absolute Gasteiger partial charge is 0.387 e. The van der Waals surface area contributed by atoms with Crippen molar-refractivity contribution in [2.45, 2.75) is 25.9 Å². The summed E-state index contributed by atoms with van der Waals surface area (Å²) in [7, 11) is 0. The minimum Gasteiger partial charge on any atom is -0.387 e. The molecular formula is C23H26N6O2. The van der Waals surface area contributed by atoms with Gasteiger partial charge in [-0.3, -0.25) is 15.6 Å². The van der Waals surface area contributed by atoms with E-state index in [0.29, 0.717) is 12.1 Å². The second-order valence-corrected chi connectivity index (χ2v) is 7.90. The molecule has 0 radical (unpaired) electrons. The number of nitrogens with zero attached hydrogens (tertiary/aromatic N) is 2. The van der Waals surface area contributed by atoms with E-state index in [2.05, 4.69) is 4.90 Å². The summed E-state index contributed by atoms with van der Waals surface area (Å²) in [5.41, 5.74) is 15.7. The molecule has 160 valence electrons. The van der Waals surface area contributed by atoms with Gasteiger partial charge in [0.05, 0.1) is 5.84 Å². The zero-order chi connectivity index (χ0) is 22.1. The summed E-state index contributed by atoms with van der Waals surface area (Å²) in [6, 6.07) is 15.6. The highest BCUT2D eigenvalue weighted by Crippen LogP contribution is 2.37. The summed E-state index contributed by atoms with van der Waals surface area (Å²) < 4.78 is 0. The smallest absolute Gasteiger partial charge is 0.329 e. The second kappa shape index (κ2) is 8.14. The number of amidine groups is 2. The van der Waals surface area contributed by atoms with E-state index in [9.17, 15) is 4.79 Å². The lowest BCUT2D eigenvalue weighted by Gasteiger charge is -2.38. The number of fused-ring (bicyclic) bond motifs is 1. The van der Waals surface area contributed by atoms with Crippen LogP contribution in [0.2, 0.25) is 0 Å². The highest BCUT2D eigenvalue weighted by atomic mass is 16.7. The fourth-order valence-corrected chi connectivity index (χ4v) is 4.13. The van der Waals surface area contributed by atoms with Gasteiger partial charge < -0.3 is 21.2 Å². The molecule has 0 bridgehead atoms. The molecule has 2 aliphatic heterocycles. The molecule has 0 aliphatic carbocycles. The van der Waals surface area contributed by atoms with Gasteiger partial charge in [-0.05, 0) is 24.0 Å². The van der Waals surface area contributed by atoms with Crippen molar-refractivity contribution in [3.05, 3.63) is 65.9 Å². The summed E-state index contributed by atoms with van der Waals surface area (Å²) in [4.78, 5) is 19.4. The Morgan fingerprint density at radius 3 is 2.10 bits per heavy atom. The van der Waals surface area contributed by atoms with Crippen molar-refractivity contribution in [3.63, 3.8) is 0 Å². The lowest BCUT2D eigenvalue weighted by atomic mass is 9.96. The van der Waals surface area contributed by atoms with E-state index in [1.54, 1.807) is 5.06 Å². The molecule has 2 aliphatic rings. The first-order chi connectivity index (χ1) is 14.8. The number of nitrogens with one attached hydrogen (secondary N) is 2. The topological polar surface area (TPSA) is 133 Å². The molecule has 4 rings (SSSR count). The Balaban J connectivity index is 1.60. The van der Waals surface area contributed by atoms with Gasteiger partial charge >= 0.3 is 5.97 Å². The number of piperidine rings is 1. The Kier molecular flexibility index (Phi) is 5.37. The molecule has 0 aromatic heterocycles. The van der Waals surface area contributed by atoms with Crippen LogP contribution in [0.25, 0.3) is 16.8 Å². The van der Waals surface area contributed by atoms with Crippen LogP contribution in [0.3, 0.4) is 0 Å². The van der Waals surface area contributed by atoms with Gasteiger partial charge in [0.2, 0.25) is 0 Å². The molecule has 2 heterocycles. The second-order valence-electron chi connectivity index (χ2n) is 7.90. The maximum absolute atomic E-state index is 11.8. The number of rotatable bonds is 5. The average molecular weight is 419 g/mol. The standard InChI is InChI=1S/C23H26N6O2/c1-14(30)31-29-20(13-28-12-19(23(26)27)10-11-21(28)29)17-6-2-15(3-7-17)16-4-8-18(9-5-16)22(24)25/h2-9,13,19,21H,10-12H2,1H3,(H3,24,25)(H3,26,27). The van der Waals surface area contributed by atoms with Crippen LogP contribution in [0.4, 0.5) is 0 Å². The van der Waals surface area contributed by atoms with Crippen LogP contribution in [0, 0.1) is 16.7 Å². The summed E-state index contributed by atoms with van der Waals surface area (Å²) >= 11 is 0. The number of hydrogen-bond donors (Lipinski definition) is 4. The van der Waals surface area contributed by atoms with Crippen LogP contribution in [-0.4, -0.2) is 40.3 Å². The number of nitrogens with two attached hydrogens (primary N) is 2. The van der Waals surface area contributed by atoms with Gasteiger partial charge in [-0.25, -0.2) is 0 Å². The molecule has 0 spiro atoms. The number of hydroxylamine groups is 2. The molecule has 8 heteroatoms. The van der Waals surface area contributed by atoms with Crippen molar-refractivity contribution in [1.82, 2.24) is 9.96 Å².